The summed E-state index contributed by atoms with van der Waals surface area (Å²) >= 11 is 0. The van der Waals surface area contributed by atoms with Gasteiger partial charge in [-0.15, -0.1) is 0 Å². The number of hydrogen-bond acceptors (Lipinski definition) is 2. The van der Waals surface area contributed by atoms with Gasteiger partial charge in [0.1, 0.15) is 6.61 Å². The second-order valence-corrected chi connectivity index (χ2v) is 3.81. The molecule has 2 rings (SSSR count). The van der Waals surface area contributed by atoms with Gasteiger partial charge in [0.2, 0.25) is 0 Å². The summed E-state index contributed by atoms with van der Waals surface area (Å²) in [5.74, 6) is 1.55. The molecule has 0 aromatic heterocycles. The highest BCUT2D eigenvalue weighted by Crippen LogP contribution is 2.20. The van der Waals surface area contributed by atoms with Crippen LogP contribution in [-0.4, -0.2) is 12.6 Å². The first-order valence-corrected chi connectivity index (χ1v) is 4.76. The van der Waals surface area contributed by atoms with Gasteiger partial charge in [-0.25, -0.2) is 0 Å². The molecular weight excluding hydrogens is 162 g/mol. The molecule has 0 aromatic rings. The van der Waals surface area contributed by atoms with Crippen molar-refractivity contribution in [3.8, 4) is 0 Å². The summed E-state index contributed by atoms with van der Waals surface area (Å²) < 4.78 is 5.58. The zero-order valence-corrected chi connectivity index (χ0v) is 8.08. The normalized spacial score (nSPS) is 25.6. The zero-order valence-electron chi connectivity index (χ0n) is 8.08. The lowest BCUT2D eigenvalue weighted by Crippen LogP contribution is -2.28. The van der Waals surface area contributed by atoms with E-state index in [2.05, 4.69) is 31.3 Å². The smallest absolute Gasteiger partial charge is 0.194 e. The third kappa shape index (κ3) is 1.62. The Morgan fingerprint density at radius 1 is 1.38 bits per heavy atom. The molecule has 0 unspecified atom stereocenters. The predicted molar refractivity (Wildman–Crippen MR) is 53.0 cm³/mol. The van der Waals surface area contributed by atoms with Crippen LogP contribution >= 0.6 is 0 Å². The standard InChI is InChI=1S/C11H15NO/c1-8(2)10-7-13-11(12-10)9-5-3-4-6-9/h3-6,8,10,12H,7H2,1-2H3/t10-/m1/s1. The molecule has 0 radical (unpaired) electrons. The van der Waals surface area contributed by atoms with E-state index >= 15 is 0 Å². The highest BCUT2D eigenvalue weighted by atomic mass is 16.5. The van der Waals surface area contributed by atoms with Gasteiger partial charge in [0.05, 0.1) is 6.04 Å². The Morgan fingerprint density at radius 3 is 2.62 bits per heavy atom. The van der Waals surface area contributed by atoms with Gasteiger partial charge in [0, 0.05) is 5.57 Å². The van der Waals surface area contributed by atoms with Crippen molar-refractivity contribution < 1.29 is 4.74 Å². The monoisotopic (exact) mass is 177 g/mol. The minimum Gasteiger partial charge on any atom is -0.477 e. The average molecular weight is 177 g/mol. The van der Waals surface area contributed by atoms with Gasteiger partial charge in [-0.3, -0.25) is 0 Å². The number of allylic oxidation sites excluding steroid dienone is 5. The average Bonchev–Trinajstić information content (AvgIpc) is 2.75. The summed E-state index contributed by atoms with van der Waals surface area (Å²) in [6.07, 6.45) is 8.17. The quantitative estimate of drug-likeness (QED) is 0.661. The maximum atomic E-state index is 5.58. The third-order valence-corrected chi connectivity index (χ3v) is 2.45. The molecule has 1 saturated heterocycles. The van der Waals surface area contributed by atoms with Crippen molar-refractivity contribution in [2.24, 2.45) is 5.92 Å². The van der Waals surface area contributed by atoms with Crippen molar-refractivity contribution >= 4 is 0 Å². The molecule has 1 N–H and O–H groups in total. The van der Waals surface area contributed by atoms with E-state index < -0.39 is 0 Å². The van der Waals surface area contributed by atoms with Crippen LogP contribution in [0, 0.1) is 5.92 Å². The van der Waals surface area contributed by atoms with Crippen molar-refractivity contribution in [1.29, 1.82) is 0 Å². The van der Waals surface area contributed by atoms with E-state index in [4.69, 9.17) is 4.74 Å². The van der Waals surface area contributed by atoms with Crippen LogP contribution in [0.5, 0.6) is 0 Å². The van der Waals surface area contributed by atoms with E-state index in [1.807, 2.05) is 12.2 Å². The van der Waals surface area contributed by atoms with Crippen LogP contribution in [0.2, 0.25) is 0 Å². The molecule has 0 saturated carbocycles. The van der Waals surface area contributed by atoms with Crippen LogP contribution in [0.3, 0.4) is 0 Å². The lowest BCUT2D eigenvalue weighted by atomic mass is 10.1. The van der Waals surface area contributed by atoms with Crippen LogP contribution < -0.4 is 5.32 Å². The first kappa shape index (κ1) is 8.42. The fraction of sp³-hybridized carbons (Fsp3) is 0.455. The molecule has 1 atom stereocenters. The first-order chi connectivity index (χ1) is 6.27. The molecule has 0 spiro atoms. The van der Waals surface area contributed by atoms with Gasteiger partial charge >= 0.3 is 0 Å². The number of rotatable bonds is 1. The van der Waals surface area contributed by atoms with E-state index in [1.165, 1.54) is 0 Å². The Balaban J connectivity index is 2.10. The molecule has 2 nitrogen and oxygen atoms in total. The summed E-state index contributed by atoms with van der Waals surface area (Å²) in [5.41, 5.74) is 1.16. The zero-order chi connectivity index (χ0) is 9.26. The van der Waals surface area contributed by atoms with Crippen LogP contribution in [0.15, 0.2) is 35.8 Å². The van der Waals surface area contributed by atoms with Gasteiger partial charge in [-0.05, 0) is 18.1 Å². The van der Waals surface area contributed by atoms with Crippen LogP contribution in [0.4, 0.5) is 0 Å². The summed E-state index contributed by atoms with van der Waals surface area (Å²) in [4.78, 5) is 0. The van der Waals surface area contributed by atoms with Crippen LogP contribution in [0.1, 0.15) is 13.8 Å². The first-order valence-electron chi connectivity index (χ1n) is 4.76. The number of hydrogen-bond donors (Lipinski definition) is 1. The highest BCUT2D eigenvalue weighted by molar-refractivity contribution is 5.42. The summed E-state index contributed by atoms with van der Waals surface area (Å²) in [6, 6.07) is 0.463. The van der Waals surface area contributed by atoms with Gasteiger partial charge in [-0.2, -0.15) is 0 Å². The van der Waals surface area contributed by atoms with Crippen molar-refractivity contribution in [3.63, 3.8) is 0 Å². The Hall–Kier alpha value is -1.18. The molecule has 0 aromatic carbocycles. The van der Waals surface area contributed by atoms with Crippen molar-refractivity contribution in [2.45, 2.75) is 19.9 Å². The van der Waals surface area contributed by atoms with Gasteiger partial charge in [0.15, 0.2) is 5.88 Å². The predicted octanol–water partition coefficient (Wildman–Crippen LogP) is 1.97. The van der Waals surface area contributed by atoms with Gasteiger partial charge in [-0.1, -0.05) is 26.0 Å². The SMILES string of the molecule is CC(C)[C@H]1COC(=C2C=CC=C2)N1. The second-order valence-electron chi connectivity index (χ2n) is 3.81. The van der Waals surface area contributed by atoms with E-state index in [-0.39, 0.29) is 0 Å². The minimum atomic E-state index is 0.463. The third-order valence-electron chi connectivity index (χ3n) is 2.45. The molecule has 1 aliphatic carbocycles. The molecule has 1 aliphatic heterocycles. The molecule has 2 aliphatic rings. The molecule has 1 heterocycles. The fourth-order valence-electron chi connectivity index (χ4n) is 1.48. The van der Waals surface area contributed by atoms with E-state index in [0.29, 0.717) is 12.0 Å². The lowest BCUT2D eigenvalue weighted by Gasteiger charge is -2.11. The Labute approximate surface area is 79.0 Å². The molecule has 70 valence electrons. The number of ether oxygens (including phenoxy) is 1. The van der Waals surface area contributed by atoms with Crippen molar-refractivity contribution in [3.05, 3.63) is 35.8 Å². The van der Waals surface area contributed by atoms with E-state index in [0.717, 1.165) is 18.1 Å². The Kier molecular flexibility index (Phi) is 2.13. The maximum Gasteiger partial charge on any atom is 0.194 e. The summed E-state index contributed by atoms with van der Waals surface area (Å²) in [6.45, 7) is 5.20. The topological polar surface area (TPSA) is 21.3 Å². The molecule has 0 bridgehead atoms. The summed E-state index contributed by atoms with van der Waals surface area (Å²) in [5, 5.41) is 3.39. The Morgan fingerprint density at radius 2 is 2.08 bits per heavy atom. The molecule has 2 heteroatoms. The second kappa shape index (κ2) is 3.29. The van der Waals surface area contributed by atoms with Crippen molar-refractivity contribution in [1.82, 2.24) is 5.32 Å². The largest absolute Gasteiger partial charge is 0.477 e. The number of nitrogens with one attached hydrogen (secondary N) is 1. The molecule has 1 fully saturated rings. The van der Waals surface area contributed by atoms with E-state index in [9.17, 15) is 0 Å². The fourth-order valence-corrected chi connectivity index (χ4v) is 1.48. The molecular formula is C11H15NO. The molecule has 0 amide bonds. The van der Waals surface area contributed by atoms with Gasteiger partial charge < -0.3 is 10.1 Å². The lowest BCUT2D eigenvalue weighted by molar-refractivity contribution is 0.243. The van der Waals surface area contributed by atoms with Crippen LogP contribution in [0.25, 0.3) is 0 Å². The minimum absolute atomic E-state index is 0.463. The van der Waals surface area contributed by atoms with Gasteiger partial charge in [0.25, 0.3) is 0 Å². The summed E-state index contributed by atoms with van der Waals surface area (Å²) in [7, 11) is 0. The van der Waals surface area contributed by atoms with Crippen molar-refractivity contribution in [2.75, 3.05) is 6.61 Å². The Bertz CT molecular complexity index is 272. The maximum absolute atomic E-state index is 5.58. The van der Waals surface area contributed by atoms with E-state index in [1.54, 1.807) is 0 Å². The highest BCUT2D eigenvalue weighted by Gasteiger charge is 2.23. The molecule has 13 heavy (non-hydrogen) atoms. The van der Waals surface area contributed by atoms with Crippen LogP contribution in [-0.2, 0) is 4.74 Å².